The lowest BCUT2D eigenvalue weighted by atomic mass is 10.1. The van der Waals surface area contributed by atoms with Crippen LogP contribution in [0.15, 0.2) is 48.5 Å². The van der Waals surface area contributed by atoms with Crippen LogP contribution in [0.1, 0.15) is 10.4 Å². The Labute approximate surface area is 126 Å². The molecule has 0 saturated carbocycles. The molecule has 0 radical (unpaired) electrons. The van der Waals surface area contributed by atoms with Crippen LogP contribution in [0.5, 0.6) is 5.75 Å². The van der Waals surface area contributed by atoms with Gasteiger partial charge in [0, 0.05) is 0 Å². The normalized spacial score (nSPS) is 13.2. The van der Waals surface area contributed by atoms with E-state index in [4.69, 9.17) is 0 Å². The minimum Gasteiger partial charge on any atom is -0.506 e. The highest BCUT2D eigenvalue weighted by Gasteiger charge is 2.36. The number of nitrogens with one attached hydrogen (secondary N) is 1. The molecule has 3 rings (SSSR count). The Bertz CT molecular complexity index is 785. The number of ketones is 1. The van der Waals surface area contributed by atoms with E-state index in [0.717, 1.165) is 4.90 Å². The molecule has 110 valence electrons. The summed E-state index contributed by atoms with van der Waals surface area (Å²) in [6.45, 7) is -0.296. The molecule has 0 atom stereocenters. The number of hydrogen-bond acceptors (Lipinski definition) is 4. The molecule has 6 heteroatoms. The van der Waals surface area contributed by atoms with Gasteiger partial charge in [0.25, 0.3) is 11.7 Å². The first-order valence-corrected chi connectivity index (χ1v) is 6.61. The Morgan fingerprint density at radius 3 is 2.50 bits per heavy atom. The van der Waals surface area contributed by atoms with Crippen molar-refractivity contribution in [3.63, 3.8) is 0 Å². The Kier molecular flexibility index (Phi) is 3.34. The number of carbonyl (C=O) groups excluding carboxylic acids is 3. The van der Waals surface area contributed by atoms with Crippen molar-refractivity contribution in [2.24, 2.45) is 0 Å². The van der Waals surface area contributed by atoms with E-state index >= 15 is 0 Å². The first-order valence-electron chi connectivity index (χ1n) is 6.61. The van der Waals surface area contributed by atoms with E-state index in [1.807, 2.05) is 0 Å². The number of rotatable bonds is 3. The molecule has 1 heterocycles. The predicted molar refractivity (Wildman–Crippen MR) is 79.9 cm³/mol. The molecule has 0 aliphatic carbocycles. The molecule has 2 aromatic carbocycles. The summed E-state index contributed by atoms with van der Waals surface area (Å²) in [5, 5.41) is 12.1. The maximum absolute atomic E-state index is 12.1. The molecule has 0 fully saturated rings. The average molecular weight is 296 g/mol. The van der Waals surface area contributed by atoms with E-state index in [2.05, 4.69) is 5.32 Å². The molecule has 0 bridgehead atoms. The first kappa shape index (κ1) is 13.8. The number of fused-ring (bicyclic) bond motifs is 1. The summed E-state index contributed by atoms with van der Waals surface area (Å²) in [5.41, 5.74) is 0.964. The van der Waals surface area contributed by atoms with Crippen molar-refractivity contribution in [2.75, 3.05) is 16.8 Å². The summed E-state index contributed by atoms with van der Waals surface area (Å²) >= 11 is 0. The van der Waals surface area contributed by atoms with E-state index in [1.165, 1.54) is 12.1 Å². The van der Waals surface area contributed by atoms with Gasteiger partial charge in [-0.3, -0.25) is 19.3 Å². The van der Waals surface area contributed by atoms with Crippen molar-refractivity contribution < 1.29 is 19.5 Å². The number of hydrogen-bond donors (Lipinski definition) is 2. The summed E-state index contributed by atoms with van der Waals surface area (Å²) in [6, 6.07) is 12.8. The molecule has 0 aromatic heterocycles. The van der Waals surface area contributed by atoms with Crippen molar-refractivity contribution in [1.82, 2.24) is 0 Å². The number of phenolic OH excluding ortho intramolecular Hbond substituents is 1. The lowest BCUT2D eigenvalue weighted by Crippen LogP contribution is -2.37. The summed E-state index contributed by atoms with van der Waals surface area (Å²) in [5.74, 6) is -1.92. The van der Waals surface area contributed by atoms with Crippen LogP contribution in [0.25, 0.3) is 0 Å². The largest absolute Gasteiger partial charge is 0.506 e. The van der Waals surface area contributed by atoms with Gasteiger partial charge >= 0.3 is 0 Å². The fourth-order valence-corrected chi connectivity index (χ4v) is 2.32. The SMILES string of the molecule is O=C(CN1C(=O)C(=O)c2ccccc21)Nc1ccccc1O. The van der Waals surface area contributed by atoms with Crippen molar-refractivity contribution in [3.05, 3.63) is 54.1 Å². The molecule has 6 nitrogen and oxygen atoms in total. The third kappa shape index (κ3) is 2.31. The van der Waals surface area contributed by atoms with Crippen molar-refractivity contribution in [1.29, 1.82) is 0 Å². The van der Waals surface area contributed by atoms with E-state index in [-0.39, 0.29) is 18.0 Å². The number of phenols is 1. The number of carbonyl (C=O) groups is 3. The Hall–Kier alpha value is -3.15. The quantitative estimate of drug-likeness (QED) is 0.664. The van der Waals surface area contributed by atoms with Crippen molar-refractivity contribution in [3.8, 4) is 5.75 Å². The zero-order valence-corrected chi connectivity index (χ0v) is 11.4. The molecule has 2 aromatic rings. The molecular weight excluding hydrogens is 284 g/mol. The Morgan fingerprint density at radius 1 is 1.05 bits per heavy atom. The second kappa shape index (κ2) is 5.33. The molecule has 2 amide bonds. The van der Waals surface area contributed by atoms with Crippen LogP contribution in [0.4, 0.5) is 11.4 Å². The number of para-hydroxylation sites is 3. The van der Waals surface area contributed by atoms with Gasteiger partial charge < -0.3 is 10.4 Å². The van der Waals surface area contributed by atoms with Crippen LogP contribution >= 0.6 is 0 Å². The van der Waals surface area contributed by atoms with Gasteiger partial charge in [-0.25, -0.2) is 0 Å². The fourth-order valence-electron chi connectivity index (χ4n) is 2.32. The smallest absolute Gasteiger partial charge is 0.299 e. The van der Waals surface area contributed by atoms with Gasteiger partial charge in [-0.15, -0.1) is 0 Å². The topological polar surface area (TPSA) is 86.7 Å². The average Bonchev–Trinajstić information content (AvgIpc) is 2.75. The zero-order chi connectivity index (χ0) is 15.7. The zero-order valence-electron chi connectivity index (χ0n) is 11.4. The Balaban J connectivity index is 1.79. The lowest BCUT2D eigenvalue weighted by molar-refractivity contribution is -0.118. The van der Waals surface area contributed by atoms with Gasteiger partial charge in [-0.1, -0.05) is 24.3 Å². The van der Waals surface area contributed by atoms with Gasteiger partial charge in [0.1, 0.15) is 12.3 Å². The monoisotopic (exact) mass is 296 g/mol. The minimum absolute atomic E-state index is 0.0694. The van der Waals surface area contributed by atoms with Crippen LogP contribution in [0, 0.1) is 0 Å². The molecule has 1 aliphatic heterocycles. The molecule has 1 aliphatic rings. The third-order valence-corrected chi connectivity index (χ3v) is 3.36. The number of amides is 2. The number of anilines is 2. The predicted octanol–water partition coefficient (Wildman–Crippen LogP) is 1.56. The maximum atomic E-state index is 12.1. The van der Waals surface area contributed by atoms with E-state index < -0.39 is 17.6 Å². The number of aromatic hydroxyl groups is 1. The van der Waals surface area contributed by atoms with E-state index in [0.29, 0.717) is 11.3 Å². The van der Waals surface area contributed by atoms with Crippen LogP contribution < -0.4 is 10.2 Å². The Morgan fingerprint density at radius 2 is 1.73 bits per heavy atom. The fraction of sp³-hybridized carbons (Fsp3) is 0.0625. The second-order valence-corrected chi connectivity index (χ2v) is 4.80. The van der Waals surface area contributed by atoms with Gasteiger partial charge in [-0.05, 0) is 24.3 Å². The summed E-state index contributed by atoms with van der Waals surface area (Å²) in [6.07, 6.45) is 0. The molecule has 22 heavy (non-hydrogen) atoms. The molecule has 0 spiro atoms. The van der Waals surface area contributed by atoms with Crippen molar-refractivity contribution in [2.45, 2.75) is 0 Å². The highest BCUT2D eigenvalue weighted by molar-refractivity contribution is 6.52. The highest BCUT2D eigenvalue weighted by atomic mass is 16.3. The van der Waals surface area contributed by atoms with Crippen LogP contribution in [-0.4, -0.2) is 29.2 Å². The summed E-state index contributed by atoms with van der Waals surface area (Å²) < 4.78 is 0. The van der Waals surface area contributed by atoms with Crippen LogP contribution in [-0.2, 0) is 9.59 Å². The molecule has 2 N–H and O–H groups in total. The van der Waals surface area contributed by atoms with Gasteiger partial charge in [-0.2, -0.15) is 0 Å². The number of nitrogens with zero attached hydrogens (tertiary/aromatic N) is 1. The molecular formula is C16H12N2O4. The summed E-state index contributed by atoms with van der Waals surface area (Å²) in [7, 11) is 0. The van der Waals surface area contributed by atoms with Crippen LogP contribution in [0.3, 0.4) is 0 Å². The molecule has 0 unspecified atom stereocenters. The highest BCUT2D eigenvalue weighted by Crippen LogP contribution is 2.28. The second-order valence-electron chi connectivity index (χ2n) is 4.80. The number of benzene rings is 2. The van der Waals surface area contributed by atoms with E-state index in [1.54, 1.807) is 36.4 Å². The third-order valence-electron chi connectivity index (χ3n) is 3.36. The molecule has 0 saturated heterocycles. The van der Waals surface area contributed by atoms with Crippen LogP contribution in [0.2, 0.25) is 0 Å². The van der Waals surface area contributed by atoms with Gasteiger partial charge in [0.2, 0.25) is 5.91 Å². The minimum atomic E-state index is -0.728. The maximum Gasteiger partial charge on any atom is 0.299 e. The van der Waals surface area contributed by atoms with Gasteiger partial charge in [0.05, 0.1) is 16.9 Å². The summed E-state index contributed by atoms with van der Waals surface area (Å²) in [4.78, 5) is 37.0. The first-order chi connectivity index (χ1) is 10.6. The lowest BCUT2D eigenvalue weighted by Gasteiger charge is -2.16. The van der Waals surface area contributed by atoms with Crippen molar-refractivity contribution >= 4 is 29.0 Å². The number of Topliss-reactive ketones (excluding diaryl/α,β-unsaturated/α-hetero) is 1. The van der Waals surface area contributed by atoms with Gasteiger partial charge in [0.15, 0.2) is 0 Å². The van der Waals surface area contributed by atoms with E-state index in [9.17, 15) is 19.5 Å². The standard InChI is InChI=1S/C16H12N2O4/c19-13-8-4-2-6-11(13)17-14(20)9-18-12-7-3-1-5-10(12)15(21)16(18)22/h1-8,19H,9H2,(H,17,20).